The Morgan fingerprint density at radius 3 is 2.14 bits per heavy atom. The highest BCUT2D eigenvalue weighted by molar-refractivity contribution is 7.89. The number of likely N-dealkylation sites (N-methyl/N-ethyl adjacent to an activating group) is 1. The van der Waals surface area contributed by atoms with Gasteiger partial charge in [-0.2, -0.15) is 0 Å². The van der Waals surface area contributed by atoms with Crippen molar-refractivity contribution in [3.8, 4) is 0 Å². The minimum atomic E-state index is -3.69. The first-order chi connectivity index (χ1) is 16.8. The molecule has 1 saturated heterocycles. The molecule has 0 radical (unpaired) electrons. The van der Waals surface area contributed by atoms with Gasteiger partial charge in [0.25, 0.3) is 0 Å². The summed E-state index contributed by atoms with van der Waals surface area (Å²) in [5, 5.41) is 0. The van der Waals surface area contributed by atoms with Crippen molar-refractivity contribution >= 4 is 22.4 Å². The van der Waals surface area contributed by atoms with Crippen molar-refractivity contribution in [1.29, 1.82) is 0 Å². The summed E-state index contributed by atoms with van der Waals surface area (Å²) in [5.41, 5.74) is 1.98. The molecule has 3 aromatic carbocycles. The Morgan fingerprint density at radius 2 is 1.53 bits per heavy atom. The normalized spacial score (nSPS) is 16.0. The molecule has 0 unspecified atom stereocenters. The topological polar surface area (TPSA) is 40.6 Å². The van der Waals surface area contributed by atoms with Crippen LogP contribution >= 0.6 is 12.4 Å². The van der Waals surface area contributed by atoms with Crippen LogP contribution in [0.1, 0.15) is 42.2 Å². The second-order valence-electron chi connectivity index (χ2n) is 9.28. The van der Waals surface area contributed by atoms with Crippen molar-refractivity contribution in [2.45, 2.75) is 36.0 Å². The summed E-state index contributed by atoms with van der Waals surface area (Å²) >= 11 is 0. The second kappa shape index (κ2) is 12.8. The van der Waals surface area contributed by atoms with E-state index in [1.165, 1.54) is 15.9 Å². The molecule has 0 bridgehead atoms. The zero-order valence-corrected chi connectivity index (χ0v) is 22.0. The molecule has 0 spiro atoms. The molecule has 194 valence electrons. The van der Waals surface area contributed by atoms with Gasteiger partial charge in [0.05, 0.1) is 4.90 Å². The number of halogens is 3. The third kappa shape index (κ3) is 6.91. The van der Waals surface area contributed by atoms with Crippen molar-refractivity contribution < 1.29 is 17.2 Å². The van der Waals surface area contributed by atoms with Crippen LogP contribution in [0, 0.1) is 11.6 Å². The Labute approximate surface area is 219 Å². The van der Waals surface area contributed by atoms with E-state index >= 15 is 0 Å². The van der Waals surface area contributed by atoms with Gasteiger partial charge in [0.1, 0.15) is 0 Å². The van der Waals surface area contributed by atoms with E-state index in [1.54, 1.807) is 43.4 Å². The number of benzene rings is 3. The highest BCUT2D eigenvalue weighted by Gasteiger charge is 2.26. The van der Waals surface area contributed by atoms with Crippen LogP contribution in [-0.4, -0.2) is 50.8 Å². The number of likely N-dealkylation sites (tertiary alicyclic amines) is 1. The fourth-order valence-electron chi connectivity index (χ4n) is 4.86. The monoisotopic (exact) mass is 534 g/mol. The van der Waals surface area contributed by atoms with E-state index in [2.05, 4.69) is 29.2 Å². The summed E-state index contributed by atoms with van der Waals surface area (Å²) in [6.45, 7) is 2.87. The van der Waals surface area contributed by atoms with Crippen molar-refractivity contribution in [2.24, 2.45) is 0 Å². The molecule has 1 aliphatic rings. The van der Waals surface area contributed by atoms with Gasteiger partial charge in [-0.15, -0.1) is 12.4 Å². The maximum Gasteiger partial charge on any atom is 0.242 e. The van der Waals surface area contributed by atoms with Crippen LogP contribution in [0.4, 0.5) is 8.78 Å². The van der Waals surface area contributed by atoms with Gasteiger partial charge in [0.15, 0.2) is 11.6 Å². The van der Waals surface area contributed by atoms with Crippen LogP contribution in [0.2, 0.25) is 0 Å². The smallest absolute Gasteiger partial charge is 0.242 e. The average Bonchev–Trinajstić information content (AvgIpc) is 2.89. The van der Waals surface area contributed by atoms with Crippen LogP contribution in [0.5, 0.6) is 0 Å². The lowest BCUT2D eigenvalue weighted by Gasteiger charge is -2.33. The van der Waals surface area contributed by atoms with Gasteiger partial charge in [0, 0.05) is 13.6 Å². The first-order valence-electron chi connectivity index (χ1n) is 12.1. The summed E-state index contributed by atoms with van der Waals surface area (Å²) in [6, 6.07) is 22.7. The molecule has 1 fully saturated rings. The molecule has 36 heavy (non-hydrogen) atoms. The number of nitrogens with zero attached hydrogens (tertiary/aromatic N) is 2. The third-order valence-corrected chi connectivity index (χ3v) is 8.83. The molecule has 0 amide bonds. The van der Waals surface area contributed by atoms with Crippen molar-refractivity contribution in [3.05, 3.63) is 102 Å². The lowest BCUT2D eigenvalue weighted by molar-refractivity contribution is 0.203. The van der Waals surface area contributed by atoms with E-state index in [0.717, 1.165) is 38.5 Å². The van der Waals surface area contributed by atoms with E-state index in [-0.39, 0.29) is 29.8 Å². The zero-order chi connectivity index (χ0) is 24.8. The molecule has 0 N–H and O–H groups in total. The molecular formula is C28H33ClF2N2O2S. The van der Waals surface area contributed by atoms with E-state index in [0.29, 0.717) is 17.9 Å². The van der Waals surface area contributed by atoms with Gasteiger partial charge in [0.2, 0.25) is 10.0 Å². The van der Waals surface area contributed by atoms with Gasteiger partial charge in [-0.3, -0.25) is 0 Å². The van der Waals surface area contributed by atoms with Crippen LogP contribution < -0.4 is 0 Å². The van der Waals surface area contributed by atoms with Gasteiger partial charge in [-0.05, 0) is 86.1 Å². The van der Waals surface area contributed by atoms with Gasteiger partial charge >= 0.3 is 0 Å². The highest BCUT2D eigenvalue weighted by atomic mass is 35.5. The van der Waals surface area contributed by atoms with Crippen molar-refractivity contribution in [1.82, 2.24) is 9.21 Å². The predicted octanol–water partition coefficient (Wildman–Crippen LogP) is 6.06. The van der Waals surface area contributed by atoms with Crippen LogP contribution in [0.15, 0.2) is 83.8 Å². The minimum absolute atomic E-state index is 0. The Bertz CT molecular complexity index is 1200. The predicted molar refractivity (Wildman–Crippen MR) is 142 cm³/mol. The molecule has 0 aromatic heterocycles. The third-order valence-electron chi connectivity index (χ3n) is 7.00. The molecule has 4 nitrogen and oxygen atoms in total. The highest BCUT2D eigenvalue weighted by Crippen LogP contribution is 2.30. The zero-order valence-electron chi connectivity index (χ0n) is 20.4. The molecule has 0 saturated carbocycles. The lowest BCUT2D eigenvalue weighted by atomic mass is 9.89. The van der Waals surface area contributed by atoms with Crippen LogP contribution in [-0.2, 0) is 10.0 Å². The Morgan fingerprint density at radius 1 is 0.917 bits per heavy atom. The van der Waals surface area contributed by atoms with E-state index in [1.807, 2.05) is 6.07 Å². The summed E-state index contributed by atoms with van der Waals surface area (Å²) in [4.78, 5) is 2.60. The maximum absolute atomic E-state index is 14.1. The van der Waals surface area contributed by atoms with Gasteiger partial charge in [-0.25, -0.2) is 21.5 Å². The van der Waals surface area contributed by atoms with E-state index in [4.69, 9.17) is 0 Å². The Balaban J connectivity index is 0.00000361. The van der Waals surface area contributed by atoms with Gasteiger partial charge in [-0.1, -0.05) is 54.6 Å². The van der Waals surface area contributed by atoms with Gasteiger partial charge < -0.3 is 4.90 Å². The molecule has 1 aliphatic heterocycles. The summed E-state index contributed by atoms with van der Waals surface area (Å²) < 4.78 is 55.1. The first kappa shape index (κ1) is 28.3. The number of piperidine rings is 1. The first-order valence-corrected chi connectivity index (χ1v) is 13.5. The molecule has 4 rings (SSSR count). The molecule has 1 heterocycles. The fraction of sp³-hybridized carbons (Fsp3) is 0.357. The summed E-state index contributed by atoms with van der Waals surface area (Å²) in [6.07, 6.45) is 2.79. The van der Waals surface area contributed by atoms with Crippen LogP contribution in [0.25, 0.3) is 0 Å². The summed E-state index contributed by atoms with van der Waals surface area (Å²) in [5.74, 6) is -1.53. The van der Waals surface area contributed by atoms with Crippen molar-refractivity contribution in [2.75, 3.05) is 33.2 Å². The van der Waals surface area contributed by atoms with E-state index in [9.17, 15) is 17.2 Å². The maximum atomic E-state index is 14.1. The molecule has 0 aliphatic carbocycles. The van der Waals surface area contributed by atoms with Crippen molar-refractivity contribution in [3.63, 3.8) is 0 Å². The van der Waals surface area contributed by atoms with E-state index < -0.39 is 21.7 Å². The van der Waals surface area contributed by atoms with Crippen LogP contribution in [0.3, 0.4) is 0 Å². The lowest BCUT2D eigenvalue weighted by Crippen LogP contribution is -2.36. The molecule has 8 heteroatoms. The number of rotatable bonds is 9. The SMILES string of the molecule is CN(C[C@H](CCN1CCC(c2ccccc2)CC1)c1ccc(F)c(F)c1)S(=O)(=O)c1ccccc1.Cl. The molecular weight excluding hydrogens is 502 g/mol. The average molecular weight is 535 g/mol. The molecule has 1 atom stereocenters. The Kier molecular flexibility index (Phi) is 10.0. The number of sulfonamides is 1. The number of hydrogen-bond donors (Lipinski definition) is 0. The fourth-order valence-corrected chi connectivity index (χ4v) is 6.10. The number of hydrogen-bond acceptors (Lipinski definition) is 3. The second-order valence-corrected chi connectivity index (χ2v) is 11.3. The Hall–Kier alpha value is -2.32. The molecule has 3 aromatic rings. The standard InChI is InChI=1S/C28H32F2N2O2S.ClH/c1-31(35(33,34)26-10-6-3-7-11-26)21-25(24-12-13-27(29)28(30)20-24)16-19-32-17-14-23(15-18-32)22-8-4-2-5-9-22;/h2-13,20,23,25H,14-19,21H2,1H3;1H/t25-;/m0./s1. The minimum Gasteiger partial charge on any atom is -0.303 e. The summed E-state index contributed by atoms with van der Waals surface area (Å²) in [7, 11) is -2.15. The largest absolute Gasteiger partial charge is 0.303 e. The quantitative estimate of drug-likeness (QED) is 0.335.